The topological polar surface area (TPSA) is 93.3 Å². The number of piperidine rings is 1. The summed E-state index contributed by atoms with van der Waals surface area (Å²) in [6, 6.07) is -0.0482. The van der Waals surface area contributed by atoms with Crippen molar-refractivity contribution in [2.24, 2.45) is 0 Å². The molecule has 0 aromatic rings. The molecule has 1 aliphatic carbocycles. The third kappa shape index (κ3) is 4.56. The molecule has 3 heterocycles. The maximum atomic E-state index is 12.7. The molecule has 3 saturated heterocycles. The Labute approximate surface area is 184 Å². The number of hydrogen-bond donors (Lipinski definition) is 1. The summed E-state index contributed by atoms with van der Waals surface area (Å²) < 4.78 is 0. The van der Waals surface area contributed by atoms with Crippen molar-refractivity contribution in [3.63, 3.8) is 0 Å². The number of rotatable bonds is 5. The number of piperazine rings is 1. The molecule has 1 spiro atoms. The fraction of sp³-hybridized carbons (Fsp3) is 0.818. The largest absolute Gasteiger partial charge is 0.340 e. The van der Waals surface area contributed by atoms with E-state index in [1.54, 1.807) is 4.90 Å². The first-order valence-corrected chi connectivity index (χ1v) is 11.8. The molecule has 172 valence electrons. The summed E-state index contributed by atoms with van der Waals surface area (Å²) in [5.41, 5.74) is -0.718. The van der Waals surface area contributed by atoms with Gasteiger partial charge in [-0.2, -0.15) is 0 Å². The molecule has 4 aliphatic rings. The first-order valence-electron chi connectivity index (χ1n) is 11.8. The summed E-state index contributed by atoms with van der Waals surface area (Å²) in [7, 11) is 0. The molecule has 31 heavy (non-hydrogen) atoms. The van der Waals surface area contributed by atoms with Gasteiger partial charge in [-0.15, -0.1) is 0 Å². The van der Waals surface area contributed by atoms with Crippen LogP contribution in [-0.4, -0.2) is 101 Å². The van der Waals surface area contributed by atoms with Gasteiger partial charge in [-0.05, 0) is 39.0 Å². The Bertz CT molecular complexity index is 727. The Hall–Kier alpha value is -2.16. The summed E-state index contributed by atoms with van der Waals surface area (Å²) in [6.07, 6.45) is 6.78. The normalized spacial score (nSPS) is 26.6. The van der Waals surface area contributed by atoms with Crippen LogP contribution in [0.25, 0.3) is 0 Å². The van der Waals surface area contributed by atoms with Crippen LogP contribution in [0.2, 0.25) is 0 Å². The molecule has 5 amide bonds. The minimum atomic E-state index is -0.718. The molecule has 4 rings (SSSR count). The fourth-order valence-electron chi connectivity index (χ4n) is 5.47. The van der Waals surface area contributed by atoms with Gasteiger partial charge in [-0.1, -0.05) is 12.8 Å². The fourth-order valence-corrected chi connectivity index (χ4v) is 5.47. The zero-order valence-electron chi connectivity index (χ0n) is 18.6. The van der Waals surface area contributed by atoms with Crippen molar-refractivity contribution in [1.82, 2.24) is 24.9 Å². The van der Waals surface area contributed by atoms with Crippen molar-refractivity contribution < 1.29 is 19.2 Å². The Morgan fingerprint density at radius 3 is 2.35 bits per heavy atom. The quantitative estimate of drug-likeness (QED) is 0.647. The molecule has 9 heteroatoms. The van der Waals surface area contributed by atoms with E-state index in [2.05, 4.69) is 17.1 Å². The molecule has 3 aliphatic heterocycles. The van der Waals surface area contributed by atoms with Crippen LogP contribution in [0, 0.1) is 0 Å². The SMILES string of the molecule is CC1CCCCN1C(=O)CN1CCN(C(=O)CCN2C(=O)NC3(CCCC3)C2=O)CC1. The van der Waals surface area contributed by atoms with E-state index in [1.165, 1.54) is 11.3 Å². The lowest BCUT2D eigenvalue weighted by atomic mass is 9.98. The van der Waals surface area contributed by atoms with Gasteiger partial charge in [-0.3, -0.25) is 24.2 Å². The second-order valence-corrected chi connectivity index (χ2v) is 9.52. The number of carbonyl (C=O) groups excluding carboxylic acids is 4. The van der Waals surface area contributed by atoms with E-state index in [1.807, 2.05) is 4.90 Å². The van der Waals surface area contributed by atoms with Crippen LogP contribution in [0.5, 0.6) is 0 Å². The summed E-state index contributed by atoms with van der Waals surface area (Å²) in [6.45, 7) is 6.01. The zero-order valence-corrected chi connectivity index (χ0v) is 18.6. The van der Waals surface area contributed by atoms with Crippen molar-refractivity contribution in [3.05, 3.63) is 0 Å². The second-order valence-electron chi connectivity index (χ2n) is 9.52. The highest BCUT2D eigenvalue weighted by molar-refractivity contribution is 6.07. The number of amides is 5. The van der Waals surface area contributed by atoms with Crippen molar-refractivity contribution in [2.75, 3.05) is 45.8 Å². The minimum Gasteiger partial charge on any atom is -0.340 e. The van der Waals surface area contributed by atoms with Gasteiger partial charge in [0.1, 0.15) is 5.54 Å². The Kier molecular flexibility index (Phi) is 6.50. The maximum Gasteiger partial charge on any atom is 0.325 e. The first-order chi connectivity index (χ1) is 14.9. The summed E-state index contributed by atoms with van der Waals surface area (Å²) in [5, 5.41) is 2.86. The molecule has 1 unspecified atom stereocenters. The van der Waals surface area contributed by atoms with Crippen LogP contribution in [-0.2, 0) is 14.4 Å². The van der Waals surface area contributed by atoms with Crippen LogP contribution < -0.4 is 5.32 Å². The summed E-state index contributed by atoms with van der Waals surface area (Å²) >= 11 is 0. The standard InChI is InChI=1S/C22H35N5O4/c1-17-6-2-5-10-26(17)19(29)16-24-12-14-25(15-13-24)18(28)7-11-27-20(30)22(23-21(27)31)8-3-4-9-22/h17H,2-16H2,1H3,(H,23,31). The highest BCUT2D eigenvalue weighted by atomic mass is 16.2. The van der Waals surface area contributed by atoms with Crippen LogP contribution in [0.15, 0.2) is 0 Å². The van der Waals surface area contributed by atoms with Crippen molar-refractivity contribution in [2.45, 2.75) is 69.9 Å². The molecule has 0 bridgehead atoms. The van der Waals surface area contributed by atoms with Crippen molar-refractivity contribution in [3.8, 4) is 0 Å². The number of likely N-dealkylation sites (tertiary alicyclic amines) is 1. The lowest BCUT2D eigenvalue weighted by Gasteiger charge is -2.38. The van der Waals surface area contributed by atoms with Crippen LogP contribution in [0.1, 0.15) is 58.3 Å². The lowest BCUT2D eigenvalue weighted by molar-refractivity contribution is -0.137. The molecular weight excluding hydrogens is 398 g/mol. The van der Waals surface area contributed by atoms with Crippen molar-refractivity contribution in [1.29, 1.82) is 0 Å². The first kappa shape index (κ1) is 22.0. The predicted octanol–water partition coefficient (Wildman–Crippen LogP) is 0.786. The number of nitrogens with one attached hydrogen (secondary N) is 1. The number of carbonyl (C=O) groups is 4. The van der Waals surface area contributed by atoms with E-state index in [9.17, 15) is 19.2 Å². The molecule has 1 atom stereocenters. The number of hydrogen-bond acceptors (Lipinski definition) is 5. The van der Waals surface area contributed by atoms with Gasteiger partial charge in [-0.25, -0.2) is 4.79 Å². The highest BCUT2D eigenvalue weighted by Crippen LogP contribution is 2.35. The summed E-state index contributed by atoms with van der Waals surface area (Å²) in [4.78, 5) is 57.4. The van der Waals surface area contributed by atoms with Gasteiger partial charge in [0.25, 0.3) is 5.91 Å². The predicted molar refractivity (Wildman–Crippen MR) is 114 cm³/mol. The van der Waals surface area contributed by atoms with E-state index in [-0.39, 0.29) is 36.7 Å². The monoisotopic (exact) mass is 433 g/mol. The van der Waals surface area contributed by atoms with E-state index < -0.39 is 5.54 Å². The zero-order chi connectivity index (χ0) is 22.0. The third-order valence-corrected chi connectivity index (χ3v) is 7.46. The second kappa shape index (κ2) is 9.14. The van der Waals surface area contributed by atoms with Crippen LogP contribution in [0.3, 0.4) is 0 Å². The van der Waals surface area contributed by atoms with E-state index in [0.29, 0.717) is 51.6 Å². The average molecular weight is 434 g/mol. The minimum absolute atomic E-state index is 0.0383. The smallest absolute Gasteiger partial charge is 0.325 e. The Morgan fingerprint density at radius 2 is 1.68 bits per heavy atom. The van der Waals surface area contributed by atoms with Gasteiger partial charge in [0.15, 0.2) is 0 Å². The highest BCUT2D eigenvalue weighted by Gasteiger charge is 2.52. The molecular formula is C22H35N5O4. The molecule has 1 saturated carbocycles. The summed E-state index contributed by atoms with van der Waals surface area (Å²) in [5.74, 6) is -0.0203. The lowest BCUT2D eigenvalue weighted by Crippen LogP contribution is -2.53. The number of imide groups is 1. The third-order valence-electron chi connectivity index (χ3n) is 7.46. The van der Waals surface area contributed by atoms with Gasteiger partial charge in [0.2, 0.25) is 11.8 Å². The number of nitrogens with zero attached hydrogens (tertiary/aromatic N) is 4. The van der Waals surface area contributed by atoms with E-state index in [0.717, 1.165) is 32.2 Å². The molecule has 0 radical (unpaired) electrons. The van der Waals surface area contributed by atoms with Gasteiger partial charge < -0.3 is 15.1 Å². The average Bonchev–Trinajstić information content (AvgIpc) is 3.32. The van der Waals surface area contributed by atoms with Gasteiger partial charge in [0, 0.05) is 51.7 Å². The Morgan fingerprint density at radius 1 is 0.968 bits per heavy atom. The Balaban J connectivity index is 1.20. The maximum absolute atomic E-state index is 12.7. The van der Waals surface area contributed by atoms with E-state index in [4.69, 9.17) is 0 Å². The number of urea groups is 1. The van der Waals surface area contributed by atoms with Gasteiger partial charge in [0.05, 0.1) is 6.54 Å². The molecule has 9 nitrogen and oxygen atoms in total. The van der Waals surface area contributed by atoms with Gasteiger partial charge >= 0.3 is 6.03 Å². The van der Waals surface area contributed by atoms with Crippen molar-refractivity contribution >= 4 is 23.8 Å². The molecule has 4 fully saturated rings. The van der Waals surface area contributed by atoms with E-state index >= 15 is 0 Å². The molecule has 0 aromatic carbocycles. The van der Waals surface area contributed by atoms with Crippen LogP contribution >= 0.6 is 0 Å². The molecule has 0 aromatic heterocycles. The molecule has 1 N–H and O–H groups in total. The van der Waals surface area contributed by atoms with Crippen LogP contribution in [0.4, 0.5) is 4.79 Å².